The third-order valence-corrected chi connectivity index (χ3v) is 2.35. The number of nitrogens with two attached hydrogens (primary N) is 1. The quantitative estimate of drug-likeness (QED) is 0.456. The van der Waals surface area contributed by atoms with Crippen LogP contribution in [0.3, 0.4) is 0 Å². The number of phenols is 2. The number of carbonyl (C=O) groups excluding carboxylic acids is 1. The molecule has 0 saturated carbocycles. The molecule has 1 aromatic carbocycles. The Morgan fingerprint density at radius 3 is 2.69 bits per heavy atom. The van der Waals surface area contributed by atoms with Gasteiger partial charge in [-0.3, -0.25) is 4.79 Å². The van der Waals surface area contributed by atoms with E-state index in [0.717, 1.165) is 6.07 Å². The number of nitrogens with one attached hydrogen (secondary N) is 1. The van der Waals surface area contributed by atoms with Crippen molar-refractivity contribution in [3.05, 3.63) is 23.8 Å². The molecule has 0 aliphatic heterocycles. The first-order chi connectivity index (χ1) is 7.41. The SMILES string of the molecule is CC(NC(=O)c1cc(O)ccc1O)C(N)=S. The van der Waals surface area contributed by atoms with E-state index in [1.165, 1.54) is 12.1 Å². The highest BCUT2D eigenvalue weighted by Gasteiger charge is 2.15. The maximum absolute atomic E-state index is 11.6. The Hall–Kier alpha value is -1.82. The first-order valence-corrected chi connectivity index (χ1v) is 4.95. The summed E-state index contributed by atoms with van der Waals surface area (Å²) in [5.41, 5.74) is 5.31. The Morgan fingerprint density at radius 1 is 1.50 bits per heavy atom. The molecule has 0 heterocycles. The van der Waals surface area contributed by atoms with E-state index in [2.05, 4.69) is 5.32 Å². The zero-order chi connectivity index (χ0) is 12.3. The van der Waals surface area contributed by atoms with Gasteiger partial charge in [-0.15, -0.1) is 0 Å². The van der Waals surface area contributed by atoms with E-state index in [9.17, 15) is 15.0 Å². The van der Waals surface area contributed by atoms with E-state index in [1.54, 1.807) is 6.92 Å². The predicted octanol–water partition coefficient (Wildman–Crippen LogP) is 0.502. The number of amides is 1. The molecule has 0 aliphatic carbocycles. The van der Waals surface area contributed by atoms with Gasteiger partial charge in [-0.05, 0) is 25.1 Å². The van der Waals surface area contributed by atoms with Crippen LogP contribution in [0.15, 0.2) is 18.2 Å². The number of thiocarbonyl (C=S) groups is 1. The molecule has 1 unspecified atom stereocenters. The first-order valence-electron chi connectivity index (χ1n) is 4.54. The number of aromatic hydroxyl groups is 2. The molecule has 0 bridgehead atoms. The van der Waals surface area contributed by atoms with Crippen LogP contribution >= 0.6 is 12.2 Å². The van der Waals surface area contributed by atoms with Crippen molar-refractivity contribution in [3.8, 4) is 11.5 Å². The summed E-state index contributed by atoms with van der Waals surface area (Å²) in [6.45, 7) is 1.63. The summed E-state index contributed by atoms with van der Waals surface area (Å²) in [7, 11) is 0. The highest BCUT2D eigenvalue weighted by Crippen LogP contribution is 2.21. The van der Waals surface area contributed by atoms with Crippen LogP contribution in [0.2, 0.25) is 0 Å². The number of hydrogen-bond donors (Lipinski definition) is 4. The minimum atomic E-state index is -0.547. The van der Waals surface area contributed by atoms with Gasteiger partial charge in [0.15, 0.2) is 0 Å². The summed E-state index contributed by atoms with van der Waals surface area (Å²) in [6.07, 6.45) is 0. The van der Waals surface area contributed by atoms with Crippen molar-refractivity contribution in [1.29, 1.82) is 0 Å². The van der Waals surface area contributed by atoms with Crippen molar-refractivity contribution >= 4 is 23.1 Å². The Kier molecular flexibility index (Phi) is 3.68. The van der Waals surface area contributed by atoms with Crippen LogP contribution in [0.25, 0.3) is 0 Å². The highest BCUT2D eigenvalue weighted by molar-refractivity contribution is 7.80. The molecule has 0 radical (unpaired) electrons. The van der Waals surface area contributed by atoms with Crippen molar-refractivity contribution in [1.82, 2.24) is 5.32 Å². The molecule has 1 amide bonds. The van der Waals surface area contributed by atoms with Crippen LogP contribution in [0, 0.1) is 0 Å². The van der Waals surface area contributed by atoms with Crippen LogP contribution in [0.5, 0.6) is 11.5 Å². The van der Waals surface area contributed by atoms with E-state index in [-0.39, 0.29) is 22.1 Å². The molecule has 1 rings (SSSR count). The molecule has 5 N–H and O–H groups in total. The molecule has 16 heavy (non-hydrogen) atoms. The summed E-state index contributed by atoms with van der Waals surface area (Å²) < 4.78 is 0. The molecular weight excluding hydrogens is 228 g/mol. The second-order valence-corrected chi connectivity index (χ2v) is 3.77. The van der Waals surface area contributed by atoms with E-state index >= 15 is 0 Å². The number of phenolic OH excluding ortho intramolecular Hbond substituents is 2. The third kappa shape index (κ3) is 2.83. The zero-order valence-corrected chi connectivity index (χ0v) is 9.41. The lowest BCUT2D eigenvalue weighted by atomic mass is 10.1. The Labute approximate surface area is 97.9 Å². The van der Waals surface area contributed by atoms with Gasteiger partial charge < -0.3 is 21.3 Å². The van der Waals surface area contributed by atoms with Gasteiger partial charge in [0.25, 0.3) is 5.91 Å². The highest BCUT2D eigenvalue weighted by atomic mass is 32.1. The van der Waals surface area contributed by atoms with Crippen LogP contribution in [0.1, 0.15) is 17.3 Å². The molecule has 1 aromatic rings. The maximum atomic E-state index is 11.6. The molecule has 5 nitrogen and oxygen atoms in total. The minimum Gasteiger partial charge on any atom is -0.508 e. The number of rotatable bonds is 3. The summed E-state index contributed by atoms with van der Waals surface area (Å²) in [5, 5.41) is 21.1. The van der Waals surface area contributed by atoms with Gasteiger partial charge >= 0.3 is 0 Å². The largest absolute Gasteiger partial charge is 0.508 e. The lowest BCUT2D eigenvalue weighted by Gasteiger charge is -2.12. The average molecular weight is 240 g/mol. The standard InChI is InChI=1S/C10H12N2O3S/c1-5(9(11)16)12-10(15)7-4-6(13)2-3-8(7)14/h2-5,13-14H,1H3,(H2,11,16)(H,12,15). The second kappa shape index (κ2) is 4.80. The first kappa shape index (κ1) is 12.3. The van der Waals surface area contributed by atoms with Crippen molar-refractivity contribution in [3.63, 3.8) is 0 Å². The van der Waals surface area contributed by atoms with E-state index in [1.807, 2.05) is 0 Å². The Balaban J connectivity index is 2.88. The second-order valence-electron chi connectivity index (χ2n) is 3.30. The van der Waals surface area contributed by atoms with Gasteiger partial charge in [0, 0.05) is 0 Å². The summed E-state index contributed by atoms with van der Waals surface area (Å²) >= 11 is 4.70. The molecule has 6 heteroatoms. The lowest BCUT2D eigenvalue weighted by Crippen LogP contribution is -2.41. The number of benzene rings is 1. The van der Waals surface area contributed by atoms with Crippen molar-refractivity contribution < 1.29 is 15.0 Å². The Bertz CT molecular complexity index is 434. The monoisotopic (exact) mass is 240 g/mol. The zero-order valence-electron chi connectivity index (χ0n) is 8.60. The van der Waals surface area contributed by atoms with Gasteiger partial charge in [0.1, 0.15) is 11.5 Å². The number of carbonyl (C=O) groups is 1. The minimum absolute atomic E-state index is 0.0249. The van der Waals surface area contributed by atoms with Crippen molar-refractivity contribution in [2.24, 2.45) is 5.73 Å². The van der Waals surface area contributed by atoms with Crippen LogP contribution in [0.4, 0.5) is 0 Å². The summed E-state index contributed by atoms with van der Waals surface area (Å²) in [6, 6.07) is 3.19. The van der Waals surface area contributed by atoms with Gasteiger partial charge in [-0.25, -0.2) is 0 Å². The summed E-state index contributed by atoms with van der Waals surface area (Å²) in [4.78, 5) is 11.8. The van der Waals surface area contributed by atoms with Gasteiger partial charge in [-0.1, -0.05) is 12.2 Å². The molecule has 0 aliphatic rings. The maximum Gasteiger partial charge on any atom is 0.255 e. The van der Waals surface area contributed by atoms with Gasteiger partial charge in [0.05, 0.1) is 16.6 Å². The van der Waals surface area contributed by atoms with E-state index in [4.69, 9.17) is 18.0 Å². The summed E-state index contributed by atoms with van der Waals surface area (Å²) in [5.74, 6) is -0.870. The van der Waals surface area contributed by atoms with Crippen LogP contribution in [-0.2, 0) is 0 Å². The van der Waals surface area contributed by atoms with Gasteiger partial charge in [-0.2, -0.15) is 0 Å². The molecular formula is C10H12N2O3S. The fraction of sp³-hybridized carbons (Fsp3) is 0.200. The topological polar surface area (TPSA) is 95.6 Å². The number of hydrogen-bond acceptors (Lipinski definition) is 4. The third-order valence-electron chi connectivity index (χ3n) is 2.00. The smallest absolute Gasteiger partial charge is 0.255 e. The van der Waals surface area contributed by atoms with Crippen molar-refractivity contribution in [2.75, 3.05) is 0 Å². The molecule has 0 saturated heterocycles. The average Bonchev–Trinajstić information content (AvgIpc) is 2.21. The van der Waals surface area contributed by atoms with Crippen LogP contribution < -0.4 is 11.1 Å². The normalized spacial score (nSPS) is 11.8. The predicted molar refractivity (Wildman–Crippen MR) is 63.5 cm³/mol. The van der Waals surface area contributed by atoms with Crippen LogP contribution in [-0.4, -0.2) is 27.2 Å². The Morgan fingerprint density at radius 2 is 2.12 bits per heavy atom. The molecule has 1 atom stereocenters. The lowest BCUT2D eigenvalue weighted by molar-refractivity contribution is 0.0946. The van der Waals surface area contributed by atoms with E-state index in [0.29, 0.717) is 0 Å². The fourth-order valence-electron chi connectivity index (χ4n) is 1.05. The fourth-order valence-corrected chi connectivity index (χ4v) is 1.11. The molecule has 0 fully saturated rings. The van der Waals surface area contributed by atoms with Crippen molar-refractivity contribution in [2.45, 2.75) is 13.0 Å². The van der Waals surface area contributed by atoms with E-state index < -0.39 is 11.9 Å². The molecule has 0 aromatic heterocycles. The molecule has 86 valence electrons. The van der Waals surface area contributed by atoms with Gasteiger partial charge in [0.2, 0.25) is 0 Å². The molecule has 0 spiro atoms.